The number of hydrogen-bond acceptors (Lipinski definition) is 2. The van der Waals surface area contributed by atoms with Gasteiger partial charge in [0.15, 0.2) is 0 Å². The van der Waals surface area contributed by atoms with E-state index in [0.717, 1.165) is 47.8 Å². The molecule has 3 fully saturated rings. The SMILES string of the molecule is O=C(c1ccccc1)N1C[C@@H]2CC[C@H](C1)N(C(=O)c1cccc3ccccc13)C2. The van der Waals surface area contributed by atoms with Gasteiger partial charge < -0.3 is 9.80 Å². The van der Waals surface area contributed by atoms with Crippen LogP contribution in [0.3, 0.4) is 0 Å². The van der Waals surface area contributed by atoms with E-state index in [2.05, 4.69) is 0 Å². The van der Waals surface area contributed by atoms with Gasteiger partial charge in [-0.15, -0.1) is 0 Å². The summed E-state index contributed by atoms with van der Waals surface area (Å²) in [5.41, 5.74) is 1.48. The van der Waals surface area contributed by atoms with E-state index >= 15 is 0 Å². The molecule has 0 unspecified atom stereocenters. The highest BCUT2D eigenvalue weighted by Gasteiger charge is 2.39. The van der Waals surface area contributed by atoms with E-state index in [4.69, 9.17) is 0 Å². The Balaban J connectivity index is 1.43. The molecule has 0 saturated carbocycles. The highest BCUT2D eigenvalue weighted by molar-refractivity contribution is 6.07. The van der Waals surface area contributed by atoms with Crippen LogP contribution in [0.1, 0.15) is 33.6 Å². The summed E-state index contributed by atoms with van der Waals surface area (Å²) in [6, 6.07) is 23.5. The predicted molar refractivity (Wildman–Crippen MR) is 114 cm³/mol. The first-order chi connectivity index (χ1) is 14.2. The third-order valence-electron chi connectivity index (χ3n) is 6.30. The van der Waals surface area contributed by atoms with Gasteiger partial charge in [0.05, 0.1) is 0 Å². The van der Waals surface area contributed by atoms with Crippen molar-refractivity contribution < 1.29 is 9.59 Å². The number of benzene rings is 3. The molecule has 0 N–H and O–H groups in total. The smallest absolute Gasteiger partial charge is 0.254 e. The summed E-state index contributed by atoms with van der Waals surface area (Å²) in [6.07, 6.45) is 2.03. The highest BCUT2D eigenvalue weighted by Crippen LogP contribution is 2.31. The Morgan fingerprint density at radius 3 is 2.34 bits per heavy atom. The van der Waals surface area contributed by atoms with Crippen molar-refractivity contribution >= 4 is 22.6 Å². The number of rotatable bonds is 2. The normalized spacial score (nSPS) is 21.2. The van der Waals surface area contributed by atoms with Gasteiger partial charge >= 0.3 is 0 Å². The number of nitrogens with zero attached hydrogens (tertiary/aromatic N) is 2. The van der Waals surface area contributed by atoms with Crippen molar-refractivity contribution in [3.8, 4) is 0 Å². The van der Waals surface area contributed by atoms with Gasteiger partial charge in [-0.25, -0.2) is 0 Å². The standard InChI is InChI=1S/C25H24N2O2/c28-24(20-8-2-1-3-9-20)26-15-18-13-14-21(17-26)27(16-18)25(29)23-12-6-10-19-7-4-5-11-22(19)23/h1-12,18,21H,13-17H2/t18-,21+/m0/s1. The van der Waals surface area contributed by atoms with Gasteiger partial charge in [-0.2, -0.15) is 0 Å². The summed E-state index contributed by atoms with van der Waals surface area (Å²) < 4.78 is 0. The van der Waals surface area contributed by atoms with Crippen LogP contribution in [0.25, 0.3) is 10.8 Å². The van der Waals surface area contributed by atoms with Crippen LogP contribution in [-0.4, -0.2) is 47.3 Å². The maximum absolute atomic E-state index is 13.5. The van der Waals surface area contributed by atoms with Crippen molar-refractivity contribution in [2.45, 2.75) is 18.9 Å². The number of carbonyl (C=O) groups is 2. The molecule has 2 bridgehead atoms. The molecule has 6 rings (SSSR count). The monoisotopic (exact) mass is 384 g/mol. The molecule has 3 aromatic rings. The van der Waals surface area contributed by atoms with E-state index in [1.807, 2.05) is 82.6 Å². The van der Waals surface area contributed by atoms with Crippen molar-refractivity contribution in [2.75, 3.05) is 19.6 Å². The van der Waals surface area contributed by atoms with Crippen LogP contribution in [0.4, 0.5) is 0 Å². The van der Waals surface area contributed by atoms with Crippen LogP contribution < -0.4 is 0 Å². The number of fused-ring (bicyclic) bond motifs is 5. The van der Waals surface area contributed by atoms with Gasteiger partial charge in [0.25, 0.3) is 11.8 Å². The maximum Gasteiger partial charge on any atom is 0.254 e. The molecule has 0 aliphatic carbocycles. The summed E-state index contributed by atoms with van der Waals surface area (Å²) in [7, 11) is 0. The molecule has 3 aliphatic rings. The lowest BCUT2D eigenvalue weighted by Gasteiger charge is -2.36. The summed E-state index contributed by atoms with van der Waals surface area (Å²) in [6.45, 7) is 2.07. The first-order valence-corrected chi connectivity index (χ1v) is 10.3. The first kappa shape index (κ1) is 17.9. The fourth-order valence-corrected chi connectivity index (χ4v) is 4.83. The zero-order valence-corrected chi connectivity index (χ0v) is 16.3. The quantitative estimate of drug-likeness (QED) is 0.664. The van der Waals surface area contributed by atoms with Crippen LogP contribution in [0.5, 0.6) is 0 Å². The van der Waals surface area contributed by atoms with Crippen molar-refractivity contribution in [3.05, 3.63) is 83.9 Å². The van der Waals surface area contributed by atoms with Gasteiger partial charge in [-0.05, 0) is 47.7 Å². The number of piperidine rings is 1. The minimum atomic E-state index is 0.0713. The molecular formula is C25H24N2O2. The molecule has 0 radical (unpaired) electrons. The molecule has 3 aliphatic heterocycles. The second-order valence-corrected chi connectivity index (χ2v) is 8.16. The van der Waals surface area contributed by atoms with Crippen LogP contribution >= 0.6 is 0 Å². The van der Waals surface area contributed by atoms with Gasteiger partial charge in [-0.1, -0.05) is 54.6 Å². The molecule has 146 valence electrons. The van der Waals surface area contributed by atoms with Gasteiger partial charge in [0, 0.05) is 36.8 Å². The Morgan fingerprint density at radius 2 is 1.48 bits per heavy atom. The Hall–Kier alpha value is -3.14. The predicted octanol–water partition coefficient (Wildman–Crippen LogP) is 4.22. The molecule has 0 aromatic heterocycles. The largest absolute Gasteiger partial charge is 0.336 e. The third kappa shape index (κ3) is 3.29. The van der Waals surface area contributed by atoms with Gasteiger partial charge in [0.2, 0.25) is 0 Å². The van der Waals surface area contributed by atoms with E-state index in [0.29, 0.717) is 12.5 Å². The Labute approximate surface area is 170 Å². The van der Waals surface area contributed by atoms with Crippen molar-refractivity contribution in [1.29, 1.82) is 0 Å². The van der Waals surface area contributed by atoms with Crippen LogP contribution in [0, 0.1) is 5.92 Å². The Kier molecular flexibility index (Phi) is 4.55. The molecule has 4 heteroatoms. The molecule has 0 spiro atoms. The molecule has 3 saturated heterocycles. The van der Waals surface area contributed by atoms with Crippen LogP contribution in [0.15, 0.2) is 72.8 Å². The lowest BCUT2D eigenvalue weighted by atomic mass is 9.93. The van der Waals surface area contributed by atoms with Gasteiger partial charge in [-0.3, -0.25) is 9.59 Å². The van der Waals surface area contributed by atoms with Crippen LogP contribution in [0.2, 0.25) is 0 Å². The van der Waals surface area contributed by atoms with Crippen molar-refractivity contribution in [3.63, 3.8) is 0 Å². The topological polar surface area (TPSA) is 40.6 Å². The van der Waals surface area contributed by atoms with E-state index in [1.54, 1.807) is 0 Å². The molecule has 2 atom stereocenters. The minimum Gasteiger partial charge on any atom is -0.336 e. The van der Waals surface area contributed by atoms with E-state index < -0.39 is 0 Å². The zero-order valence-electron chi connectivity index (χ0n) is 16.3. The highest BCUT2D eigenvalue weighted by atomic mass is 16.2. The fraction of sp³-hybridized carbons (Fsp3) is 0.280. The maximum atomic E-state index is 13.5. The summed E-state index contributed by atoms with van der Waals surface area (Å²) in [5.74, 6) is 0.493. The molecule has 4 nitrogen and oxygen atoms in total. The van der Waals surface area contributed by atoms with E-state index in [9.17, 15) is 9.59 Å². The van der Waals surface area contributed by atoms with Crippen LogP contribution in [-0.2, 0) is 0 Å². The lowest BCUT2D eigenvalue weighted by Crippen LogP contribution is -2.47. The fourth-order valence-electron chi connectivity index (χ4n) is 4.83. The molecule has 29 heavy (non-hydrogen) atoms. The molecule has 3 heterocycles. The van der Waals surface area contributed by atoms with Crippen molar-refractivity contribution in [2.24, 2.45) is 5.92 Å². The Bertz CT molecular complexity index is 1060. The summed E-state index contributed by atoms with van der Waals surface area (Å²) in [4.78, 5) is 30.5. The number of hydrogen-bond donors (Lipinski definition) is 0. The average Bonchev–Trinajstić information content (AvgIpc) is 3.10. The molecule has 2 amide bonds. The molecule has 3 aromatic carbocycles. The molecular weight excluding hydrogens is 360 g/mol. The van der Waals surface area contributed by atoms with Gasteiger partial charge in [0.1, 0.15) is 0 Å². The third-order valence-corrected chi connectivity index (χ3v) is 6.30. The van der Waals surface area contributed by atoms with E-state index in [-0.39, 0.29) is 17.9 Å². The minimum absolute atomic E-state index is 0.0713. The number of carbonyl (C=O) groups excluding carboxylic acids is 2. The Morgan fingerprint density at radius 1 is 0.724 bits per heavy atom. The number of amides is 2. The summed E-state index contributed by atoms with van der Waals surface area (Å²) >= 11 is 0. The zero-order chi connectivity index (χ0) is 19.8. The summed E-state index contributed by atoms with van der Waals surface area (Å²) in [5, 5.41) is 2.08. The first-order valence-electron chi connectivity index (χ1n) is 10.3. The lowest BCUT2D eigenvalue weighted by molar-refractivity contribution is 0.0576. The second-order valence-electron chi connectivity index (χ2n) is 8.16. The average molecular weight is 384 g/mol. The van der Waals surface area contributed by atoms with Crippen molar-refractivity contribution in [1.82, 2.24) is 9.80 Å². The van der Waals surface area contributed by atoms with E-state index in [1.165, 1.54) is 0 Å². The second kappa shape index (κ2) is 7.36.